The summed E-state index contributed by atoms with van der Waals surface area (Å²) in [6, 6.07) is 1.99. The standard InChI is InChI=1S/C7H13N3/c1-5(2)7(8)6-3-4-9-10-6/h3-5,7H,8H2,1-2H3,(H,9,10)/t7-/m1/s1. The summed E-state index contributed by atoms with van der Waals surface area (Å²) in [6.45, 7) is 4.18. The lowest BCUT2D eigenvalue weighted by molar-refractivity contribution is 0.502. The zero-order chi connectivity index (χ0) is 7.56. The topological polar surface area (TPSA) is 54.7 Å². The van der Waals surface area contributed by atoms with Crippen LogP contribution >= 0.6 is 0 Å². The molecular formula is C7H13N3. The first-order chi connectivity index (χ1) is 4.72. The number of H-pyrrole nitrogens is 1. The smallest absolute Gasteiger partial charge is 0.0521 e. The number of aromatic amines is 1. The highest BCUT2D eigenvalue weighted by Gasteiger charge is 2.10. The maximum Gasteiger partial charge on any atom is 0.0521 e. The normalized spacial score (nSPS) is 14.0. The molecule has 0 saturated heterocycles. The zero-order valence-electron chi connectivity index (χ0n) is 6.33. The van der Waals surface area contributed by atoms with Crippen molar-refractivity contribution >= 4 is 0 Å². The van der Waals surface area contributed by atoms with Crippen molar-refractivity contribution in [3.63, 3.8) is 0 Å². The molecule has 0 fully saturated rings. The summed E-state index contributed by atoms with van der Waals surface area (Å²) in [5.41, 5.74) is 6.82. The Morgan fingerprint density at radius 3 is 2.70 bits per heavy atom. The Morgan fingerprint density at radius 2 is 2.30 bits per heavy atom. The molecule has 3 N–H and O–H groups in total. The highest BCUT2D eigenvalue weighted by Crippen LogP contribution is 2.14. The van der Waals surface area contributed by atoms with Gasteiger partial charge in [0.05, 0.1) is 5.69 Å². The van der Waals surface area contributed by atoms with E-state index in [0.29, 0.717) is 5.92 Å². The Kier molecular flexibility index (Phi) is 2.06. The van der Waals surface area contributed by atoms with E-state index >= 15 is 0 Å². The minimum atomic E-state index is 0.0856. The highest BCUT2D eigenvalue weighted by atomic mass is 15.1. The molecule has 0 bridgehead atoms. The Morgan fingerprint density at radius 1 is 1.60 bits per heavy atom. The van der Waals surface area contributed by atoms with Gasteiger partial charge in [0.2, 0.25) is 0 Å². The van der Waals surface area contributed by atoms with Crippen LogP contribution < -0.4 is 5.73 Å². The quantitative estimate of drug-likeness (QED) is 0.643. The van der Waals surface area contributed by atoms with E-state index in [4.69, 9.17) is 5.73 Å². The molecule has 1 rings (SSSR count). The monoisotopic (exact) mass is 139 g/mol. The van der Waals surface area contributed by atoms with Crippen molar-refractivity contribution in [3.05, 3.63) is 18.0 Å². The van der Waals surface area contributed by atoms with Gasteiger partial charge in [-0.3, -0.25) is 5.10 Å². The number of aromatic nitrogens is 2. The number of hydrogen-bond acceptors (Lipinski definition) is 2. The highest BCUT2D eigenvalue weighted by molar-refractivity contribution is 5.03. The van der Waals surface area contributed by atoms with E-state index in [1.165, 1.54) is 0 Å². The number of hydrogen-bond donors (Lipinski definition) is 2. The van der Waals surface area contributed by atoms with Crippen molar-refractivity contribution in [1.29, 1.82) is 0 Å². The summed E-state index contributed by atoms with van der Waals surface area (Å²) < 4.78 is 0. The number of nitrogens with one attached hydrogen (secondary N) is 1. The molecule has 10 heavy (non-hydrogen) atoms. The fourth-order valence-corrected chi connectivity index (χ4v) is 0.811. The number of rotatable bonds is 2. The van der Waals surface area contributed by atoms with Crippen LogP contribution in [0.4, 0.5) is 0 Å². The van der Waals surface area contributed by atoms with Crippen LogP contribution in [0.1, 0.15) is 25.6 Å². The second-order valence-electron chi connectivity index (χ2n) is 2.78. The van der Waals surface area contributed by atoms with E-state index < -0.39 is 0 Å². The van der Waals surface area contributed by atoms with Gasteiger partial charge < -0.3 is 5.73 Å². The summed E-state index contributed by atoms with van der Waals surface area (Å²) in [4.78, 5) is 0. The molecule has 56 valence electrons. The first kappa shape index (κ1) is 7.28. The molecule has 0 amide bonds. The molecule has 0 aliphatic heterocycles. The Labute approximate surface area is 60.6 Å². The van der Waals surface area contributed by atoms with E-state index in [0.717, 1.165) is 5.69 Å². The van der Waals surface area contributed by atoms with Gasteiger partial charge in [0, 0.05) is 12.2 Å². The number of nitrogens with zero attached hydrogens (tertiary/aromatic N) is 1. The maximum absolute atomic E-state index is 5.81. The van der Waals surface area contributed by atoms with Crippen molar-refractivity contribution in [1.82, 2.24) is 10.2 Å². The van der Waals surface area contributed by atoms with Crippen LogP contribution in [-0.4, -0.2) is 10.2 Å². The second-order valence-corrected chi connectivity index (χ2v) is 2.78. The molecule has 3 nitrogen and oxygen atoms in total. The molecule has 1 aromatic heterocycles. The van der Waals surface area contributed by atoms with E-state index in [1.807, 2.05) is 6.07 Å². The SMILES string of the molecule is CC(C)[C@@H](N)c1ccn[nH]1. The van der Waals surface area contributed by atoms with Crippen molar-refractivity contribution in [2.24, 2.45) is 11.7 Å². The summed E-state index contributed by atoms with van der Waals surface area (Å²) >= 11 is 0. The predicted molar refractivity (Wildman–Crippen MR) is 40.4 cm³/mol. The zero-order valence-corrected chi connectivity index (χ0v) is 6.33. The molecule has 0 spiro atoms. The van der Waals surface area contributed by atoms with Crippen LogP contribution in [-0.2, 0) is 0 Å². The lowest BCUT2D eigenvalue weighted by Gasteiger charge is -2.12. The van der Waals surface area contributed by atoms with Gasteiger partial charge in [-0.25, -0.2) is 0 Å². The van der Waals surface area contributed by atoms with E-state index in [9.17, 15) is 0 Å². The third kappa shape index (κ3) is 1.36. The Hall–Kier alpha value is -0.830. The lowest BCUT2D eigenvalue weighted by Crippen LogP contribution is -2.16. The molecule has 0 saturated carbocycles. The molecule has 0 aliphatic rings. The molecule has 0 unspecified atom stereocenters. The summed E-state index contributed by atoms with van der Waals surface area (Å²) in [7, 11) is 0. The van der Waals surface area contributed by atoms with Crippen molar-refractivity contribution < 1.29 is 0 Å². The number of nitrogens with two attached hydrogens (primary N) is 1. The Bertz CT molecular complexity index is 179. The molecule has 0 aliphatic carbocycles. The third-order valence-corrected chi connectivity index (χ3v) is 1.60. The predicted octanol–water partition coefficient (Wildman–Crippen LogP) is 1.07. The summed E-state index contributed by atoms with van der Waals surface area (Å²) in [5, 5.41) is 6.66. The van der Waals surface area contributed by atoms with Crippen LogP contribution in [0.2, 0.25) is 0 Å². The van der Waals surface area contributed by atoms with Crippen LogP contribution in [0.5, 0.6) is 0 Å². The van der Waals surface area contributed by atoms with Gasteiger partial charge in [-0.05, 0) is 12.0 Å². The van der Waals surface area contributed by atoms with Crippen LogP contribution in [0.3, 0.4) is 0 Å². The fourth-order valence-electron chi connectivity index (χ4n) is 0.811. The molecule has 0 radical (unpaired) electrons. The second kappa shape index (κ2) is 2.84. The molecule has 1 heterocycles. The van der Waals surface area contributed by atoms with Crippen molar-refractivity contribution in [3.8, 4) is 0 Å². The van der Waals surface area contributed by atoms with Gasteiger partial charge in [0.25, 0.3) is 0 Å². The molecule has 1 aromatic rings. The summed E-state index contributed by atoms with van der Waals surface area (Å²) in [6.07, 6.45) is 1.72. The first-order valence-corrected chi connectivity index (χ1v) is 3.46. The summed E-state index contributed by atoms with van der Waals surface area (Å²) in [5.74, 6) is 0.459. The van der Waals surface area contributed by atoms with Gasteiger partial charge >= 0.3 is 0 Å². The van der Waals surface area contributed by atoms with Gasteiger partial charge in [-0.2, -0.15) is 5.10 Å². The minimum Gasteiger partial charge on any atom is -0.322 e. The van der Waals surface area contributed by atoms with Crippen molar-refractivity contribution in [2.75, 3.05) is 0 Å². The largest absolute Gasteiger partial charge is 0.322 e. The van der Waals surface area contributed by atoms with Crippen LogP contribution in [0.15, 0.2) is 12.3 Å². The average Bonchev–Trinajstić information content (AvgIpc) is 2.36. The van der Waals surface area contributed by atoms with E-state index in [-0.39, 0.29) is 6.04 Å². The van der Waals surface area contributed by atoms with Gasteiger partial charge in [-0.15, -0.1) is 0 Å². The average molecular weight is 139 g/mol. The molecule has 1 atom stereocenters. The molecule has 3 heteroatoms. The van der Waals surface area contributed by atoms with Gasteiger partial charge in [-0.1, -0.05) is 13.8 Å². The van der Waals surface area contributed by atoms with Crippen LogP contribution in [0.25, 0.3) is 0 Å². The molecular weight excluding hydrogens is 126 g/mol. The van der Waals surface area contributed by atoms with Crippen LogP contribution in [0, 0.1) is 5.92 Å². The first-order valence-electron chi connectivity index (χ1n) is 3.46. The van der Waals surface area contributed by atoms with E-state index in [2.05, 4.69) is 24.0 Å². The molecule has 0 aromatic carbocycles. The minimum absolute atomic E-state index is 0.0856. The maximum atomic E-state index is 5.81. The van der Waals surface area contributed by atoms with Gasteiger partial charge in [0.1, 0.15) is 0 Å². The lowest BCUT2D eigenvalue weighted by atomic mass is 10.0. The third-order valence-electron chi connectivity index (χ3n) is 1.60. The van der Waals surface area contributed by atoms with E-state index in [1.54, 1.807) is 6.20 Å². The Balaban J connectivity index is 2.68. The van der Waals surface area contributed by atoms with Gasteiger partial charge in [0.15, 0.2) is 0 Å². The van der Waals surface area contributed by atoms with Crippen molar-refractivity contribution in [2.45, 2.75) is 19.9 Å². The fraction of sp³-hybridized carbons (Fsp3) is 0.571.